The van der Waals surface area contributed by atoms with Crippen LogP contribution in [0.4, 0.5) is 0 Å². The van der Waals surface area contributed by atoms with Crippen LogP contribution in [-0.2, 0) is 0 Å². The van der Waals surface area contributed by atoms with Crippen molar-refractivity contribution in [3.05, 3.63) is 0 Å². The van der Waals surface area contributed by atoms with Gasteiger partial charge in [0, 0.05) is 13.1 Å². The van der Waals surface area contributed by atoms with E-state index < -0.39 is 5.54 Å². The molecule has 86 valence electrons. The lowest BCUT2D eigenvalue weighted by Crippen LogP contribution is -2.42. The lowest BCUT2D eigenvalue weighted by molar-refractivity contribution is 0.164. The number of rotatable bonds is 4. The first kappa shape index (κ1) is 12.5. The number of hydrogen-bond acceptors (Lipinski definition) is 3. The number of nitrogens with zero attached hydrogens (tertiary/aromatic N) is 2. The molecule has 1 fully saturated rings. The quantitative estimate of drug-likeness (QED) is 0.767. The highest BCUT2D eigenvalue weighted by Crippen LogP contribution is 2.19. The van der Waals surface area contributed by atoms with Gasteiger partial charge in [-0.3, -0.25) is 0 Å². The van der Waals surface area contributed by atoms with Gasteiger partial charge in [0.15, 0.2) is 0 Å². The molecule has 15 heavy (non-hydrogen) atoms. The second-order valence-corrected chi connectivity index (χ2v) is 5.00. The van der Waals surface area contributed by atoms with Gasteiger partial charge in [-0.25, -0.2) is 0 Å². The van der Waals surface area contributed by atoms with E-state index in [9.17, 15) is 0 Å². The van der Waals surface area contributed by atoms with Crippen LogP contribution in [0.2, 0.25) is 0 Å². The molecule has 0 aliphatic carbocycles. The molecule has 0 radical (unpaired) electrons. The van der Waals surface area contributed by atoms with Crippen molar-refractivity contribution < 1.29 is 0 Å². The normalized spacial score (nSPS) is 26.9. The SMILES string of the molecule is CCC1CCCN(CCC(C)(N)C#N)C1. The number of nitriles is 1. The van der Waals surface area contributed by atoms with Gasteiger partial charge in [-0.2, -0.15) is 5.26 Å². The van der Waals surface area contributed by atoms with Gasteiger partial charge in [-0.05, 0) is 38.6 Å². The lowest BCUT2D eigenvalue weighted by Gasteiger charge is -2.33. The van der Waals surface area contributed by atoms with E-state index >= 15 is 0 Å². The van der Waals surface area contributed by atoms with Crippen LogP contribution in [0.3, 0.4) is 0 Å². The Morgan fingerprint density at radius 2 is 2.33 bits per heavy atom. The fourth-order valence-corrected chi connectivity index (χ4v) is 2.13. The van der Waals surface area contributed by atoms with Crippen molar-refractivity contribution in [1.29, 1.82) is 5.26 Å². The number of piperidine rings is 1. The first-order valence-electron chi connectivity index (χ1n) is 6.00. The van der Waals surface area contributed by atoms with Gasteiger partial charge in [0.05, 0.1) is 6.07 Å². The molecule has 1 aliphatic heterocycles. The van der Waals surface area contributed by atoms with Crippen molar-refractivity contribution in [3.63, 3.8) is 0 Å². The zero-order chi connectivity index (χ0) is 11.3. The molecule has 2 atom stereocenters. The van der Waals surface area contributed by atoms with E-state index in [1.54, 1.807) is 0 Å². The molecule has 1 rings (SSSR count). The molecular formula is C12H23N3. The van der Waals surface area contributed by atoms with Gasteiger partial charge in [0.25, 0.3) is 0 Å². The van der Waals surface area contributed by atoms with E-state index in [-0.39, 0.29) is 0 Å². The summed E-state index contributed by atoms with van der Waals surface area (Å²) >= 11 is 0. The Morgan fingerprint density at radius 3 is 2.93 bits per heavy atom. The fraction of sp³-hybridized carbons (Fsp3) is 0.917. The summed E-state index contributed by atoms with van der Waals surface area (Å²) in [4.78, 5) is 2.46. The summed E-state index contributed by atoms with van der Waals surface area (Å²) in [6.45, 7) is 7.41. The van der Waals surface area contributed by atoms with Gasteiger partial charge >= 0.3 is 0 Å². The molecule has 0 aromatic carbocycles. The van der Waals surface area contributed by atoms with Crippen molar-refractivity contribution in [2.75, 3.05) is 19.6 Å². The molecule has 0 aromatic rings. The molecule has 0 spiro atoms. The smallest absolute Gasteiger partial charge is 0.102 e. The maximum absolute atomic E-state index is 8.83. The molecule has 0 amide bonds. The summed E-state index contributed by atoms with van der Waals surface area (Å²) in [5.41, 5.74) is 5.16. The Morgan fingerprint density at radius 1 is 1.60 bits per heavy atom. The van der Waals surface area contributed by atoms with E-state index in [0.717, 1.165) is 18.9 Å². The summed E-state index contributed by atoms with van der Waals surface area (Å²) in [5, 5.41) is 8.83. The van der Waals surface area contributed by atoms with Crippen LogP contribution in [-0.4, -0.2) is 30.1 Å². The van der Waals surface area contributed by atoms with Crippen LogP contribution in [0.5, 0.6) is 0 Å². The minimum Gasteiger partial charge on any atom is -0.314 e. The monoisotopic (exact) mass is 209 g/mol. The number of nitrogens with two attached hydrogens (primary N) is 1. The molecule has 1 aliphatic rings. The zero-order valence-electron chi connectivity index (χ0n) is 10.00. The molecule has 2 N–H and O–H groups in total. The Hall–Kier alpha value is -0.590. The molecule has 0 bridgehead atoms. The minimum absolute atomic E-state index is 0.654. The molecule has 3 heteroatoms. The Kier molecular flexibility index (Phi) is 4.56. The second-order valence-electron chi connectivity index (χ2n) is 5.00. The fourth-order valence-electron chi connectivity index (χ4n) is 2.13. The molecule has 1 heterocycles. The standard InChI is InChI=1S/C12H23N3/c1-3-11-5-4-7-15(9-11)8-6-12(2,14)10-13/h11H,3-9,14H2,1-2H3. The first-order valence-corrected chi connectivity index (χ1v) is 6.00. The number of hydrogen-bond donors (Lipinski definition) is 1. The molecular weight excluding hydrogens is 186 g/mol. The molecule has 2 unspecified atom stereocenters. The largest absolute Gasteiger partial charge is 0.314 e. The summed E-state index contributed by atoms with van der Waals surface area (Å²) in [6.07, 6.45) is 4.71. The summed E-state index contributed by atoms with van der Waals surface area (Å²) in [6, 6.07) is 2.16. The first-order chi connectivity index (χ1) is 7.07. The highest BCUT2D eigenvalue weighted by molar-refractivity contribution is 5.01. The van der Waals surface area contributed by atoms with E-state index in [1.807, 2.05) is 6.92 Å². The average molecular weight is 209 g/mol. The van der Waals surface area contributed by atoms with Crippen molar-refractivity contribution in [2.24, 2.45) is 11.7 Å². The van der Waals surface area contributed by atoms with Crippen LogP contribution < -0.4 is 5.73 Å². The van der Waals surface area contributed by atoms with Crippen molar-refractivity contribution in [1.82, 2.24) is 4.90 Å². The van der Waals surface area contributed by atoms with Crippen LogP contribution in [0, 0.1) is 17.2 Å². The Labute approximate surface area is 93.2 Å². The predicted octanol–water partition coefficient (Wildman–Crippen LogP) is 1.74. The highest BCUT2D eigenvalue weighted by atomic mass is 15.1. The van der Waals surface area contributed by atoms with Crippen molar-refractivity contribution >= 4 is 0 Å². The molecule has 3 nitrogen and oxygen atoms in total. The molecule has 1 saturated heterocycles. The maximum atomic E-state index is 8.83. The van der Waals surface area contributed by atoms with Crippen molar-refractivity contribution in [2.45, 2.75) is 45.1 Å². The molecule has 0 aromatic heterocycles. The summed E-state index contributed by atoms with van der Waals surface area (Å²) in [5.74, 6) is 0.852. The van der Waals surface area contributed by atoms with Gasteiger partial charge < -0.3 is 10.6 Å². The van der Waals surface area contributed by atoms with Crippen LogP contribution in [0.1, 0.15) is 39.5 Å². The summed E-state index contributed by atoms with van der Waals surface area (Å²) < 4.78 is 0. The van der Waals surface area contributed by atoms with Crippen molar-refractivity contribution in [3.8, 4) is 6.07 Å². The third-order valence-electron chi connectivity index (χ3n) is 3.38. The summed E-state index contributed by atoms with van der Waals surface area (Å²) in [7, 11) is 0. The van der Waals surface area contributed by atoms with E-state index in [4.69, 9.17) is 11.0 Å². The van der Waals surface area contributed by atoms with E-state index in [0.29, 0.717) is 0 Å². The topological polar surface area (TPSA) is 53.0 Å². The van der Waals surface area contributed by atoms with Gasteiger partial charge in [-0.15, -0.1) is 0 Å². The van der Waals surface area contributed by atoms with Crippen LogP contribution in [0.25, 0.3) is 0 Å². The Bertz CT molecular complexity index is 230. The third kappa shape index (κ3) is 4.19. The van der Waals surface area contributed by atoms with Crippen LogP contribution >= 0.6 is 0 Å². The Balaban J connectivity index is 2.30. The average Bonchev–Trinajstić information content (AvgIpc) is 2.27. The maximum Gasteiger partial charge on any atom is 0.102 e. The van der Waals surface area contributed by atoms with Crippen LogP contribution in [0.15, 0.2) is 0 Å². The van der Waals surface area contributed by atoms with Gasteiger partial charge in [0.2, 0.25) is 0 Å². The zero-order valence-corrected chi connectivity index (χ0v) is 10.00. The van der Waals surface area contributed by atoms with E-state index in [2.05, 4.69) is 17.9 Å². The van der Waals surface area contributed by atoms with Gasteiger partial charge in [0.1, 0.15) is 5.54 Å². The third-order valence-corrected chi connectivity index (χ3v) is 3.38. The van der Waals surface area contributed by atoms with E-state index in [1.165, 1.54) is 32.4 Å². The number of likely N-dealkylation sites (tertiary alicyclic amines) is 1. The second kappa shape index (κ2) is 5.48. The minimum atomic E-state index is -0.654. The highest BCUT2D eigenvalue weighted by Gasteiger charge is 2.22. The molecule has 0 saturated carbocycles. The predicted molar refractivity (Wildman–Crippen MR) is 62.3 cm³/mol. The lowest BCUT2D eigenvalue weighted by atomic mass is 9.94. The van der Waals surface area contributed by atoms with Gasteiger partial charge in [-0.1, -0.05) is 13.3 Å².